The van der Waals surface area contributed by atoms with Crippen molar-refractivity contribution in [1.29, 1.82) is 0 Å². The topological polar surface area (TPSA) is 24.1 Å². The lowest BCUT2D eigenvalue weighted by molar-refractivity contribution is 0.360. The molecular formula is C14H22N2S. The van der Waals surface area contributed by atoms with Crippen LogP contribution in [0, 0.1) is 5.92 Å². The maximum Gasteiger partial charge on any atom is 0.0205 e. The van der Waals surface area contributed by atoms with Crippen LogP contribution in [-0.4, -0.2) is 25.9 Å². The molecule has 1 atom stereocenters. The Morgan fingerprint density at radius 2 is 2.18 bits per heavy atom. The molecule has 1 aliphatic heterocycles. The average Bonchev–Trinajstić information content (AvgIpc) is 2.41. The molecule has 17 heavy (non-hydrogen) atoms. The Bertz CT molecular complexity index is 317. The van der Waals surface area contributed by atoms with Gasteiger partial charge in [-0.05, 0) is 62.3 Å². The lowest BCUT2D eigenvalue weighted by Gasteiger charge is -2.22. The summed E-state index contributed by atoms with van der Waals surface area (Å²) < 4.78 is 0. The Morgan fingerprint density at radius 3 is 2.82 bits per heavy atom. The second-order valence-corrected chi connectivity index (χ2v) is 5.57. The molecule has 0 bridgehead atoms. The third-order valence-corrected chi connectivity index (χ3v) is 4.06. The number of hydrogen-bond donors (Lipinski definition) is 2. The molecule has 2 nitrogen and oxygen atoms in total. The number of nitrogens with one attached hydrogen (secondary N) is 2. The standard InChI is InChI=1S/C14H22N2S/c1-17-14-6-4-12(5-7-14)9-16-11-13-3-2-8-15-10-13/h4-7,13,15-16H,2-3,8-11H2,1H3. The maximum atomic E-state index is 3.56. The van der Waals surface area contributed by atoms with Gasteiger partial charge in [-0.1, -0.05) is 12.1 Å². The van der Waals surface area contributed by atoms with Crippen LogP contribution in [0.2, 0.25) is 0 Å². The van der Waals surface area contributed by atoms with E-state index in [4.69, 9.17) is 0 Å². The van der Waals surface area contributed by atoms with Crippen molar-refractivity contribution in [2.45, 2.75) is 24.3 Å². The van der Waals surface area contributed by atoms with Crippen molar-refractivity contribution in [2.24, 2.45) is 5.92 Å². The highest BCUT2D eigenvalue weighted by Crippen LogP contribution is 2.15. The zero-order valence-electron chi connectivity index (χ0n) is 10.5. The minimum absolute atomic E-state index is 0.814. The molecule has 2 rings (SSSR count). The lowest BCUT2D eigenvalue weighted by atomic mass is 10.00. The number of thioether (sulfide) groups is 1. The zero-order valence-corrected chi connectivity index (χ0v) is 11.4. The number of hydrogen-bond acceptors (Lipinski definition) is 3. The quantitative estimate of drug-likeness (QED) is 0.785. The predicted octanol–water partition coefficient (Wildman–Crippen LogP) is 2.50. The molecule has 94 valence electrons. The van der Waals surface area contributed by atoms with Gasteiger partial charge >= 0.3 is 0 Å². The first-order chi connectivity index (χ1) is 8.38. The van der Waals surface area contributed by atoms with E-state index in [2.05, 4.69) is 41.2 Å². The Labute approximate surface area is 109 Å². The SMILES string of the molecule is CSc1ccc(CNCC2CCCNC2)cc1. The minimum Gasteiger partial charge on any atom is -0.316 e. The van der Waals surface area contributed by atoms with Crippen molar-refractivity contribution in [3.8, 4) is 0 Å². The Hall–Kier alpha value is -0.510. The van der Waals surface area contributed by atoms with Crippen LogP contribution >= 0.6 is 11.8 Å². The van der Waals surface area contributed by atoms with Crippen LogP contribution in [0.1, 0.15) is 18.4 Å². The van der Waals surface area contributed by atoms with Gasteiger partial charge in [0.15, 0.2) is 0 Å². The lowest BCUT2D eigenvalue weighted by Crippen LogP contribution is -2.35. The van der Waals surface area contributed by atoms with Crippen LogP contribution in [0.5, 0.6) is 0 Å². The second-order valence-electron chi connectivity index (χ2n) is 4.69. The van der Waals surface area contributed by atoms with Crippen LogP contribution in [0.25, 0.3) is 0 Å². The van der Waals surface area contributed by atoms with Crippen LogP contribution in [0.15, 0.2) is 29.2 Å². The zero-order chi connectivity index (χ0) is 11.9. The summed E-state index contributed by atoms with van der Waals surface area (Å²) in [5.74, 6) is 0.814. The summed E-state index contributed by atoms with van der Waals surface area (Å²) in [4.78, 5) is 1.34. The van der Waals surface area contributed by atoms with Crippen molar-refractivity contribution >= 4 is 11.8 Å². The van der Waals surface area contributed by atoms with Crippen molar-refractivity contribution in [3.05, 3.63) is 29.8 Å². The largest absolute Gasteiger partial charge is 0.316 e. The molecule has 0 radical (unpaired) electrons. The van der Waals surface area contributed by atoms with E-state index in [-0.39, 0.29) is 0 Å². The summed E-state index contributed by atoms with van der Waals surface area (Å²) >= 11 is 1.80. The fourth-order valence-electron chi connectivity index (χ4n) is 2.26. The number of benzene rings is 1. The second kappa shape index (κ2) is 7.04. The fraction of sp³-hybridized carbons (Fsp3) is 0.571. The molecule has 3 heteroatoms. The van der Waals surface area contributed by atoms with Crippen LogP contribution in [-0.2, 0) is 6.54 Å². The van der Waals surface area contributed by atoms with Gasteiger partial charge in [0.05, 0.1) is 0 Å². The predicted molar refractivity (Wildman–Crippen MR) is 75.5 cm³/mol. The van der Waals surface area contributed by atoms with E-state index in [1.165, 1.54) is 36.4 Å². The molecular weight excluding hydrogens is 228 g/mol. The maximum absolute atomic E-state index is 3.56. The third-order valence-electron chi connectivity index (χ3n) is 3.32. The van der Waals surface area contributed by atoms with Gasteiger partial charge in [-0.15, -0.1) is 11.8 Å². The molecule has 2 N–H and O–H groups in total. The Morgan fingerprint density at radius 1 is 1.35 bits per heavy atom. The molecule has 1 heterocycles. The van der Waals surface area contributed by atoms with Crippen molar-refractivity contribution in [1.82, 2.24) is 10.6 Å². The van der Waals surface area contributed by atoms with Crippen LogP contribution in [0.4, 0.5) is 0 Å². The molecule has 1 aliphatic rings. The molecule has 0 aliphatic carbocycles. The first kappa shape index (κ1) is 12.9. The van der Waals surface area contributed by atoms with Crippen LogP contribution in [0.3, 0.4) is 0 Å². The van der Waals surface area contributed by atoms with E-state index in [0.717, 1.165) is 19.0 Å². The first-order valence-electron chi connectivity index (χ1n) is 6.43. The van der Waals surface area contributed by atoms with Gasteiger partial charge in [-0.3, -0.25) is 0 Å². The third kappa shape index (κ3) is 4.34. The summed E-state index contributed by atoms with van der Waals surface area (Å²) in [5.41, 5.74) is 1.38. The number of rotatable bonds is 5. The van der Waals surface area contributed by atoms with Gasteiger partial charge in [0.25, 0.3) is 0 Å². The van der Waals surface area contributed by atoms with Crippen molar-refractivity contribution < 1.29 is 0 Å². The molecule has 1 fully saturated rings. The summed E-state index contributed by atoms with van der Waals surface area (Å²) in [7, 11) is 0. The normalized spacial score (nSPS) is 20.4. The van der Waals surface area contributed by atoms with E-state index < -0.39 is 0 Å². The van der Waals surface area contributed by atoms with E-state index in [0.29, 0.717) is 0 Å². The molecule has 0 aromatic heterocycles. The summed E-state index contributed by atoms with van der Waals surface area (Å²) in [5, 5.41) is 7.02. The average molecular weight is 250 g/mol. The molecule has 0 saturated carbocycles. The van der Waals surface area contributed by atoms with E-state index in [1.54, 1.807) is 11.8 Å². The van der Waals surface area contributed by atoms with Gasteiger partial charge in [-0.25, -0.2) is 0 Å². The van der Waals surface area contributed by atoms with E-state index in [9.17, 15) is 0 Å². The van der Waals surface area contributed by atoms with Crippen molar-refractivity contribution in [2.75, 3.05) is 25.9 Å². The van der Waals surface area contributed by atoms with Gasteiger partial charge in [0, 0.05) is 11.4 Å². The van der Waals surface area contributed by atoms with Gasteiger partial charge < -0.3 is 10.6 Å². The first-order valence-corrected chi connectivity index (χ1v) is 7.65. The molecule has 0 amide bonds. The highest BCUT2D eigenvalue weighted by molar-refractivity contribution is 7.98. The fourth-order valence-corrected chi connectivity index (χ4v) is 2.67. The highest BCUT2D eigenvalue weighted by atomic mass is 32.2. The van der Waals surface area contributed by atoms with Crippen LogP contribution < -0.4 is 10.6 Å². The smallest absolute Gasteiger partial charge is 0.0205 e. The van der Waals surface area contributed by atoms with E-state index >= 15 is 0 Å². The highest BCUT2D eigenvalue weighted by Gasteiger charge is 2.11. The molecule has 1 unspecified atom stereocenters. The minimum atomic E-state index is 0.814. The van der Waals surface area contributed by atoms with Gasteiger partial charge in [0.1, 0.15) is 0 Å². The molecule has 0 spiro atoms. The number of piperidine rings is 1. The molecule has 1 aromatic carbocycles. The monoisotopic (exact) mass is 250 g/mol. The van der Waals surface area contributed by atoms with Gasteiger partial charge in [-0.2, -0.15) is 0 Å². The summed E-state index contributed by atoms with van der Waals surface area (Å²) in [6.45, 7) is 4.51. The summed E-state index contributed by atoms with van der Waals surface area (Å²) in [6.07, 6.45) is 4.81. The summed E-state index contributed by atoms with van der Waals surface area (Å²) in [6, 6.07) is 8.84. The molecule has 1 aromatic rings. The van der Waals surface area contributed by atoms with Gasteiger partial charge in [0.2, 0.25) is 0 Å². The van der Waals surface area contributed by atoms with E-state index in [1.807, 2.05) is 0 Å². The Kier molecular flexibility index (Phi) is 5.36. The molecule has 1 saturated heterocycles. The Balaban J connectivity index is 1.69. The van der Waals surface area contributed by atoms with Crippen molar-refractivity contribution in [3.63, 3.8) is 0 Å².